The number of amides is 1. The molecule has 0 spiro atoms. The van der Waals surface area contributed by atoms with Crippen LogP contribution in [0.15, 0.2) is 42.5 Å². The fourth-order valence-corrected chi connectivity index (χ4v) is 4.08. The molecule has 0 saturated carbocycles. The van der Waals surface area contributed by atoms with Gasteiger partial charge in [0.2, 0.25) is 5.91 Å². The summed E-state index contributed by atoms with van der Waals surface area (Å²) in [7, 11) is 3.46. The fourth-order valence-electron chi connectivity index (χ4n) is 3.22. The number of anilines is 1. The molecule has 0 saturated heterocycles. The molecule has 0 fully saturated rings. The minimum absolute atomic E-state index is 0.130. The molecule has 0 aliphatic carbocycles. The van der Waals surface area contributed by atoms with Crippen LogP contribution >= 0.6 is 11.3 Å². The third-order valence-electron chi connectivity index (χ3n) is 4.69. The summed E-state index contributed by atoms with van der Waals surface area (Å²) in [6.45, 7) is 2.48. The Balaban J connectivity index is 1.51. The molecule has 0 bridgehead atoms. The Morgan fingerprint density at radius 1 is 1.15 bits per heavy atom. The molecule has 0 radical (unpaired) electrons. The van der Waals surface area contributed by atoms with E-state index in [1.807, 2.05) is 43.4 Å². The summed E-state index contributed by atoms with van der Waals surface area (Å²) in [6, 6.07) is 13.6. The van der Waals surface area contributed by atoms with Crippen molar-refractivity contribution >= 4 is 22.9 Å². The predicted molar refractivity (Wildman–Crippen MR) is 107 cm³/mol. The lowest BCUT2D eigenvalue weighted by molar-refractivity contribution is -0.117. The third kappa shape index (κ3) is 3.40. The van der Waals surface area contributed by atoms with Crippen molar-refractivity contribution in [3.05, 3.63) is 57.9 Å². The molecular formula is C21H20N2O3S. The van der Waals surface area contributed by atoms with E-state index in [1.54, 1.807) is 23.3 Å². The second kappa shape index (κ2) is 7.04. The second-order valence-corrected chi connectivity index (χ2v) is 7.74. The number of nitrogens with zero attached hydrogens (tertiary/aromatic N) is 2. The van der Waals surface area contributed by atoms with Crippen molar-refractivity contribution in [1.82, 2.24) is 4.98 Å². The first-order valence-electron chi connectivity index (χ1n) is 8.68. The Hall–Kier alpha value is -2.86. The number of methoxy groups -OCH3 is 1. The van der Waals surface area contributed by atoms with Crippen molar-refractivity contribution in [2.24, 2.45) is 0 Å². The summed E-state index contributed by atoms with van der Waals surface area (Å²) < 4.78 is 11.0. The molecule has 1 aliphatic heterocycles. The maximum absolute atomic E-state index is 11.9. The molecule has 27 heavy (non-hydrogen) atoms. The monoisotopic (exact) mass is 380 g/mol. The Labute approximate surface area is 162 Å². The average molecular weight is 380 g/mol. The number of thiazole rings is 1. The standard InChI is InChI=1S/C21H20N2O3S/c1-13-21(14-4-9-18-15(10-14)11-20(24)23(18)2)22-19(27-13)12-26-17-7-5-16(25-3)6-8-17/h4-10H,11-12H2,1-3H3. The van der Waals surface area contributed by atoms with Crippen LogP contribution in [0.1, 0.15) is 15.4 Å². The fraction of sp³-hybridized carbons (Fsp3) is 0.238. The molecule has 2 aromatic carbocycles. The van der Waals surface area contributed by atoms with E-state index in [-0.39, 0.29) is 5.91 Å². The number of carbonyl (C=O) groups excluding carboxylic acids is 1. The summed E-state index contributed by atoms with van der Waals surface area (Å²) in [5.74, 6) is 1.71. The Morgan fingerprint density at radius 2 is 1.89 bits per heavy atom. The minimum atomic E-state index is 0.130. The molecule has 3 aromatic rings. The van der Waals surface area contributed by atoms with Gasteiger partial charge in [-0.2, -0.15) is 0 Å². The molecule has 1 aromatic heterocycles. The maximum Gasteiger partial charge on any atom is 0.231 e. The van der Waals surface area contributed by atoms with Crippen molar-refractivity contribution in [2.45, 2.75) is 20.0 Å². The number of carbonyl (C=O) groups is 1. The molecule has 2 heterocycles. The molecular weight excluding hydrogens is 360 g/mol. The van der Waals surface area contributed by atoms with E-state index in [4.69, 9.17) is 14.5 Å². The number of rotatable bonds is 5. The number of benzene rings is 2. The van der Waals surface area contributed by atoms with Gasteiger partial charge in [-0.05, 0) is 48.9 Å². The number of hydrogen-bond acceptors (Lipinski definition) is 5. The zero-order valence-corrected chi connectivity index (χ0v) is 16.3. The van der Waals surface area contributed by atoms with Crippen LogP contribution in [-0.4, -0.2) is 25.0 Å². The van der Waals surface area contributed by atoms with E-state index < -0.39 is 0 Å². The van der Waals surface area contributed by atoms with E-state index in [9.17, 15) is 4.79 Å². The van der Waals surface area contributed by atoms with E-state index >= 15 is 0 Å². The first-order valence-corrected chi connectivity index (χ1v) is 9.50. The molecule has 6 heteroatoms. The Morgan fingerprint density at radius 3 is 2.63 bits per heavy atom. The number of likely N-dealkylation sites (N-methyl/N-ethyl adjacent to an activating group) is 1. The van der Waals surface area contributed by atoms with Crippen LogP contribution in [0.25, 0.3) is 11.3 Å². The third-order valence-corrected chi connectivity index (χ3v) is 5.64. The summed E-state index contributed by atoms with van der Waals surface area (Å²) in [5.41, 5.74) is 4.04. The highest BCUT2D eigenvalue weighted by atomic mass is 32.1. The van der Waals surface area contributed by atoms with Gasteiger partial charge in [0.25, 0.3) is 0 Å². The predicted octanol–water partition coefficient (Wildman–Crippen LogP) is 4.23. The van der Waals surface area contributed by atoms with Gasteiger partial charge in [0.05, 0.1) is 19.2 Å². The maximum atomic E-state index is 11.9. The molecule has 1 amide bonds. The van der Waals surface area contributed by atoms with Gasteiger partial charge in [-0.15, -0.1) is 11.3 Å². The molecule has 0 unspecified atom stereocenters. The van der Waals surface area contributed by atoms with Gasteiger partial charge in [0.15, 0.2) is 0 Å². The topological polar surface area (TPSA) is 51.7 Å². The van der Waals surface area contributed by atoms with Crippen molar-refractivity contribution in [3.8, 4) is 22.8 Å². The largest absolute Gasteiger partial charge is 0.497 e. The normalized spacial score (nSPS) is 13.0. The summed E-state index contributed by atoms with van der Waals surface area (Å²) in [4.78, 5) is 19.5. The van der Waals surface area contributed by atoms with Crippen molar-refractivity contribution in [3.63, 3.8) is 0 Å². The van der Waals surface area contributed by atoms with Crippen LogP contribution in [0.2, 0.25) is 0 Å². The second-order valence-electron chi connectivity index (χ2n) is 6.45. The quantitative estimate of drug-likeness (QED) is 0.665. The number of ether oxygens (including phenoxy) is 2. The van der Waals surface area contributed by atoms with Crippen molar-refractivity contribution < 1.29 is 14.3 Å². The Bertz CT molecular complexity index is 995. The minimum Gasteiger partial charge on any atom is -0.497 e. The van der Waals surface area contributed by atoms with Gasteiger partial charge >= 0.3 is 0 Å². The SMILES string of the molecule is COc1ccc(OCc2nc(-c3ccc4c(c3)CC(=O)N4C)c(C)s2)cc1. The van der Waals surface area contributed by atoms with E-state index in [0.29, 0.717) is 13.0 Å². The zero-order chi connectivity index (χ0) is 19.0. The van der Waals surface area contributed by atoms with Gasteiger partial charge in [0.1, 0.15) is 23.1 Å². The zero-order valence-electron chi connectivity index (χ0n) is 15.5. The summed E-state index contributed by atoms with van der Waals surface area (Å²) >= 11 is 1.63. The van der Waals surface area contributed by atoms with Gasteiger partial charge in [0, 0.05) is 23.2 Å². The van der Waals surface area contributed by atoms with Gasteiger partial charge < -0.3 is 14.4 Å². The van der Waals surface area contributed by atoms with E-state index in [2.05, 4.69) is 13.0 Å². The van der Waals surface area contributed by atoms with Crippen molar-refractivity contribution in [2.75, 3.05) is 19.1 Å². The van der Waals surface area contributed by atoms with Crippen molar-refractivity contribution in [1.29, 1.82) is 0 Å². The smallest absolute Gasteiger partial charge is 0.231 e. The Kier molecular flexibility index (Phi) is 4.58. The van der Waals surface area contributed by atoms with Crippen LogP contribution in [-0.2, 0) is 17.8 Å². The summed E-state index contributed by atoms with van der Waals surface area (Å²) in [6.07, 6.45) is 0.455. The van der Waals surface area contributed by atoms with E-state index in [0.717, 1.165) is 43.9 Å². The highest BCUT2D eigenvalue weighted by Crippen LogP contribution is 2.34. The van der Waals surface area contributed by atoms with Crippen LogP contribution < -0.4 is 14.4 Å². The molecule has 5 nitrogen and oxygen atoms in total. The molecule has 0 atom stereocenters. The van der Waals surface area contributed by atoms with Crippen LogP contribution in [0.4, 0.5) is 5.69 Å². The lowest BCUT2D eigenvalue weighted by atomic mass is 10.1. The van der Waals surface area contributed by atoms with Crippen LogP contribution in [0.3, 0.4) is 0 Å². The summed E-state index contributed by atoms with van der Waals surface area (Å²) in [5, 5.41) is 0.923. The van der Waals surface area contributed by atoms with Crippen LogP contribution in [0.5, 0.6) is 11.5 Å². The van der Waals surface area contributed by atoms with Gasteiger partial charge in [-0.1, -0.05) is 6.07 Å². The molecule has 1 aliphatic rings. The van der Waals surface area contributed by atoms with Gasteiger partial charge in [-0.3, -0.25) is 4.79 Å². The first kappa shape index (κ1) is 17.5. The highest BCUT2D eigenvalue weighted by Gasteiger charge is 2.24. The van der Waals surface area contributed by atoms with E-state index in [1.165, 1.54) is 0 Å². The number of aryl methyl sites for hydroxylation is 1. The number of aromatic nitrogens is 1. The lowest BCUT2D eigenvalue weighted by Gasteiger charge is -2.10. The lowest BCUT2D eigenvalue weighted by Crippen LogP contribution is -2.20. The highest BCUT2D eigenvalue weighted by molar-refractivity contribution is 7.12. The van der Waals surface area contributed by atoms with Crippen LogP contribution in [0, 0.1) is 6.92 Å². The molecule has 4 rings (SSSR count). The molecule has 0 N–H and O–H groups in total. The number of fused-ring (bicyclic) bond motifs is 1. The van der Waals surface area contributed by atoms with Gasteiger partial charge in [-0.25, -0.2) is 4.98 Å². The number of hydrogen-bond donors (Lipinski definition) is 0. The average Bonchev–Trinajstić information content (AvgIpc) is 3.19. The molecule has 138 valence electrons. The first-order chi connectivity index (χ1) is 13.0.